The number of piperidine rings is 1. The van der Waals surface area contributed by atoms with Crippen LogP contribution in [0.2, 0.25) is 0 Å². The molecule has 128 valence electrons. The first-order valence-corrected chi connectivity index (χ1v) is 10.4. The number of rotatable bonds is 2. The molecule has 2 aromatic rings. The number of thiocarbonyl (C=S) groups is 1. The number of hydrogen-bond acceptors (Lipinski definition) is 3. The zero-order chi connectivity index (χ0) is 16.4. The van der Waals surface area contributed by atoms with Crippen molar-refractivity contribution in [3.63, 3.8) is 0 Å². The van der Waals surface area contributed by atoms with Crippen LogP contribution in [0.3, 0.4) is 0 Å². The van der Waals surface area contributed by atoms with E-state index in [2.05, 4.69) is 34.5 Å². The standard InChI is InChI=1S/C19H25N3S2/c23-19(20-15-6-2-1-3-7-15)22-12-10-14(11-13-22)18-21-16-8-4-5-9-17(16)24-18/h4-5,8-9,14-15H,1-3,6-7,10-13H2,(H,20,23). The van der Waals surface area contributed by atoms with Gasteiger partial charge in [0.1, 0.15) is 0 Å². The van der Waals surface area contributed by atoms with Crippen molar-refractivity contribution in [2.24, 2.45) is 0 Å². The van der Waals surface area contributed by atoms with Crippen molar-refractivity contribution in [3.8, 4) is 0 Å². The molecule has 1 N–H and O–H groups in total. The first-order chi connectivity index (χ1) is 11.8. The summed E-state index contributed by atoms with van der Waals surface area (Å²) in [5.74, 6) is 0.594. The summed E-state index contributed by atoms with van der Waals surface area (Å²) >= 11 is 7.53. The first kappa shape index (κ1) is 16.3. The van der Waals surface area contributed by atoms with Crippen molar-refractivity contribution >= 4 is 38.9 Å². The van der Waals surface area contributed by atoms with Gasteiger partial charge in [-0.15, -0.1) is 11.3 Å². The van der Waals surface area contributed by atoms with Gasteiger partial charge in [0, 0.05) is 25.0 Å². The Morgan fingerprint density at radius 3 is 2.58 bits per heavy atom. The Morgan fingerprint density at radius 1 is 1.08 bits per heavy atom. The van der Waals surface area contributed by atoms with Gasteiger partial charge in [-0.05, 0) is 50.0 Å². The van der Waals surface area contributed by atoms with Gasteiger partial charge < -0.3 is 10.2 Å². The minimum atomic E-state index is 0.594. The summed E-state index contributed by atoms with van der Waals surface area (Å²) in [6.07, 6.45) is 8.96. The van der Waals surface area contributed by atoms with Gasteiger partial charge in [0.25, 0.3) is 0 Å². The lowest BCUT2D eigenvalue weighted by Gasteiger charge is -2.35. The number of benzene rings is 1. The van der Waals surface area contributed by atoms with Crippen LogP contribution in [0.15, 0.2) is 24.3 Å². The molecule has 1 aliphatic carbocycles. The molecule has 0 unspecified atom stereocenters. The smallest absolute Gasteiger partial charge is 0.169 e. The van der Waals surface area contributed by atoms with Gasteiger partial charge in [0.2, 0.25) is 0 Å². The molecular weight excluding hydrogens is 334 g/mol. The molecule has 2 heterocycles. The molecule has 3 nitrogen and oxygen atoms in total. The lowest BCUT2D eigenvalue weighted by molar-refractivity contribution is 0.300. The molecule has 0 amide bonds. The molecule has 0 bridgehead atoms. The molecular formula is C19H25N3S2. The fourth-order valence-corrected chi connectivity index (χ4v) is 5.39. The summed E-state index contributed by atoms with van der Waals surface area (Å²) in [4.78, 5) is 7.22. The van der Waals surface area contributed by atoms with Crippen molar-refractivity contribution < 1.29 is 0 Å². The highest BCUT2D eigenvalue weighted by Crippen LogP contribution is 2.33. The number of nitrogens with one attached hydrogen (secondary N) is 1. The molecule has 1 saturated heterocycles. The molecule has 0 spiro atoms. The third-order valence-corrected chi connectivity index (χ3v) is 6.95. The van der Waals surface area contributed by atoms with Crippen molar-refractivity contribution in [2.75, 3.05) is 13.1 Å². The second-order valence-corrected chi connectivity index (χ2v) is 8.51. The van der Waals surface area contributed by atoms with Crippen molar-refractivity contribution in [1.29, 1.82) is 0 Å². The molecule has 0 radical (unpaired) electrons. The van der Waals surface area contributed by atoms with E-state index >= 15 is 0 Å². The molecule has 1 saturated carbocycles. The maximum Gasteiger partial charge on any atom is 0.169 e. The molecule has 4 rings (SSSR count). The lowest BCUT2D eigenvalue weighted by Crippen LogP contribution is -2.47. The number of aromatic nitrogens is 1. The highest BCUT2D eigenvalue weighted by molar-refractivity contribution is 7.80. The molecule has 5 heteroatoms. The molecule has 1 aromatic heterocycles. The molecule has 1 aliphatic heterocycles. The van der Waals surface area contributed by atoms with E-state index in [-0.39, 0.29) is 0 Å². The van der Waals surface area contributed by atoms with Crippen LogP contribution in [0.5, 0.6) is 0 Å². The highest BCUT2D eigenvalue weighted by atomic mass is 32.1. The van der Waals surface area contributed by atoms with Crippen LogP contribution in [0.25, 0.3) is 10.2 Å². The average Bonchev–Trinajstić information content (AvgIpc) is 3.07. The number of likely N-dealkylation sites (tertiary alicyclic amines) is 1. The molecule has 1 aromatic carbocycles. The molecule has 2 fully saturated rings. The second kappa shape index (κ2) is 7.36. The van der Waals surface area contributed by atoms with E-state index in [0.29, 0.717) is 12.0 Å². The minimum Gasteiger partial charge on any atom is -0.360 e. The van der Waals surface area contributed by atoms with E-state index in [1.54, 1.807) is 0 Å². The minimum absolute atomic E-state index is 0.594. The molecule has 24 heavy (non-hydrogen) atoms. The van der Waals surface area contributed by atoms with Crippen LogP contribution in [-0.4, -0.2) is 34.1 Å². The quantitative estimate of drug-likeness (QED) is 0.788. The van der Waals surface area contributed by atoms with Crippen LogP contribution in [-0.2, 0) is 0 Å². The third-order valence-electron chi connectivity index (χ3n) is 5.37. The fourth-order valence-electron chi connectivity index (χ4n) is 3.91. The van der Waals surface area contributed by atoms with Crippen molar-refractivity contribution in [1.82, 2.24) is 15.2 Å². The van der Waals surface area contributed by atoms with Gasteiger partial charge in [-0.3, -0.25) is 0 Å². The predicted octanol–water partition coefficient (Wildman–Crippen LogP) is 4.68. The fraction of sp³-hybridized carbons (Fsp3) is 0.579. The number of hydrogen-bond donors (Lipinski definition) is 1. The third kappa shape index (κ3) is 3.57. The topological polar surface area (TPSA) is 28.2 Å². The number of para-hydroxylation sites is 1. The Hall–Kier alpha value is -1.20. The first-order valence-electron chi connectivity index (χ1n) is 9.20. The van der Waals surface area contributed by atoms with Gasteiger partial charge in [-0.2, -0.15) is 0 Å². The van der Waals surface area contributed by atoms with Crippen LogP contribution < -0.4 is 5.32 Å². The van der Waals surface area contributed by atoms with Crippen LogP contribution >= 0.6 is 23.6 Å². The Bertz CT molecular complexity index is 664. The van der Waals surface area contributed by atoms with E-state index in [0.717, 1.165) is 36.6 Å². The zero-order valence-electron chi connectivity index (χ0n) is 14.0. The summed E-state index contributed by atoms with van der Waals surface area (Å²) in [5, 5.41) is 5.89. The number of fused-ring (bicyclic) bond motifs is 1. The summed E-state index contributed by atoms with van der Waals surface area (Å²) in [6, 6.07) is 9.07. The van der Waals surface area contributed by atoms with Gasteiger partial charge in [-0.25, -0.2) is 4.98 Å². The van der Waals surface area contributed by atoms with E-state index < -0.39 is 0 Å². The summed E-state index contributed by atoms with van der Waals surface area (Å²) < 4.78 is 1.31. The Kier molecular flexibility index (Phi) is 4.99. The van der Waals surface area contributed by atoms with Crippen LogP contribution in [0, 0.1) is 0 Å². The molecule has 2 aliphatic rings. The second-order valence-electron chi connectivity index (χ2n) is 7.07. The largest absolute Gasteiger partial charge is 0.360 e. The summed E-state index contributed by atoms with van der Waals surface area (Å²) in [5.41, 5.74) is 1.15. The van der Waals surface area contributed by atoms with E-state index in [1.807, 2.05) is 11.3 Å². The maximum atomic E-state index is 5.66. The van der Waals surface area contributed by atoms with Crippen LogP contribution in [0.4, 0.5) is 0 Å². The Morgan fingerprint density at radius 2 is 1.83 bits per heavy atom. The van der Waals surface area contributed by atoms with Gasteiger partial charge in [0.15, 0.2) is 5.11 Å². The lowest BCUT2D eigenvalue weighted by atomic mass is 9.95. The van der Waals surface area contributed by atoms with Gasteiger partial charge in [-0.1, -0.05) is 31.4 Å². The van der Waals surface area contributed by atoms with Crippen molar-refractivity contribution in [3.05, 3.63) is 29.3 Å². The van der Waals surface area contributed by atoms with E-state index in [4.69, 9.17) is 17.2 Å². The van der Waals surface area contributed by atoms with Gasteiger partial charge >= 0.3 is 0 Å². The number of nitrogens with zero attached hydrogens (tertiary/aromatic N) is 2. The monoisotopic (exact) mass is 359 g/mol. The highest BCUT2D eigenvalue weighted by Gasteiger charge is 2.25. The Balaban J connectivity index is 1.33. The zero-order valence-corrected chi connectivity index (χ0v) is 15.7. The van der Waals surface area contributed by atoms with Crippen LogP contribution in [0.1, 0.15) is 55.9 Å². The molecule has 0 atom stereocenters. The summed E-state index contributed by atoms with van der Waals surface area (Å²) in [7, 11) is 0. The van der Waals surface area contributed by atoms with E-state index in [9.17, 15) is 0 Å². The van der Waals surface area contributed by atoms with Crippen molar-refractivity contribution in [2.45, 2.75) is 56.9 Å². The predicted molar refractivity (Wildman–Crippen MR) is 106 cm³/mol. The normalized spacial score (nSPS) is 20.4. The SMILES string of the molecule is S=C(NC1CCCCC1)N1CCC(c2nc3ccccc3s2)CC1. The maximum absolute atomic E-state index is 5.66. The van der Waals surface area contributed by atoms with E-state index in [1.165, 1.54) is 41.8 Å². The summed E-state index contributed by atoms with van der Waals surface area (Å²) in [6.45, 7) is 2.11. The Labute approximate surface area is 153 Å². The number of thiazole rings is 1. The average molecular weight is 360 g/mol. The van der Waals surface area contributed by atoms with Gasteiger partial charge in [0.05, 0.1) is 15.2 Å².